The fourth-order valence-corrected chi connectivity index (χ4v) is 11.2. The van der Waals surface area contributed by atoms with Gasteiger partial charge in [0, 0.05) is 39.4 Å². The highest BCUT2D eigenvalue weighted by Gasteiger charge is 2.53. The highest BCUT2D eigenvalue weighted by molar-refractivity contribution is 6.99. The van der Waals surface area contributed by atoms with Gasteiger partial charge in [0.15, 0.2) is 0 Å². The molecule has 3 nitrogen and oxygen atoms in total. The summed E-state index contributed by atoms with van der Waals surface area (Å²) in [5, 5.41) is 0. The van der Waals surface area contributed by atoms with E-state index in [4.69, 9.17) is 4.42 Å². The van der Waals surface area contributed by atoms with Gasteiger partial charge >= 0.3 is 0 Å². The van der Waals surface area contributed by atoms with E-state index in [9.17, 15) is 0 Å². The van der Waals surface area contributed by atoms with Crippen LogP contribution in [0.25, 0.3) is 0 Å². The molecule has 4 heteroatoms. The van der Waals surface area contributed by atoms with E-state index in [1.54, 1.807) is 0 Å². The third-order valence-corrected chi connectivity index (χ3v) is 15.3. The third-order valence-electron chi connectivity index (χ3n) is 15.3. The predicted octanol–water partition coefficient (Wildman–Crippen LogP) is 13.6. The van der Waals surface area contributed by atoms with E-state index in [2.05, 4.69) is 188 Å². The van der Waals surface area contributed by atoms with Crippen molar-refractivity contribution in [3.8, 4) is 0 Å². The molecule has 5 aromatic rings. The lowest BCUT2D eigenvalue weighted by Gasteiger charge is -2.47. The molecule has 0 N–H and O–H groups in total. The number of hydrogen-bond donors (Lipinski definition) is 0. The molecule has 0 spiro atoms. The lowest BCUT2D eigenvalue weighted by atomic mass is 9.35. The molecule has 0 unspecified atom stereocenters. The second kappa shape index (κ2) is 12.5. The average Bonchev–Trinajstić information content (AvgIpc) is 3.54. The summed E-state index contributed by atoms with van der Waals surface area (Å²) in [4.78, 5) is 5.29. The van der Waals surface area contributed by atoms with Gasteiger partial charge in [-0.05, 0) is 154 Å². The van der Waals surface area contributed by atoms with Crippen LogP contribution in [0.4, 0.5) is 34.1 Å². The lowest BCUT2D eigenvalue weighted by Crippen LogP contribution is -2.61. The van der Waals surface area contributed by atoms with Gasteiger partial charge < -0.3 is 14.2 Å². The zero-order valence-electron chi connectivity index (χ0n) is 39.5. The van der Waals surface area contributed by atoms with Gasteiger partial charge in [-0.1, -0.05) is 127 Å². The van der Waals surface area contributed by atoms with Crippen molar-refractivity contribution < 1.29 is 4.42 Å². The van der Waals surface area contributed by atoms with Crippen LogP contribution in [0.2, 0.25) is 0 Å². The molecule has 3 heterocycles. The molecule has 59 heavy (non-hydrogen) atoms. The molecule has 0 saturated heterocycles. The van der Waals surface area contributed by atoms with E-state index >= 15 is 0 Å². The van der Waals surface area contributed by atoms with Crippen molar-refractivity contribution in [3.63, 3.8) is 0 Å². The van der Waals surface area contributed by atoms with Crippen molar-refractivity contribution in [1.82, 2.24) is 0 Å². The molecule has 9 rings (SSSR count). The maximum absolute atomic E-state index is 7.68. The standard InChI is InChI=1S/C55H69BN2O/c1-32-26-43-46-44(27-32)58(41-21-19-36(29-34(41)3)51(7,8)9)47-45-48(55(16,17)25-24-54(45,14)15)59-49(47)56(46)39-30-37-38(53(12,13)23-22-52(37,10)11)31-42(39)57(43)40-20-18-35(28-33(40)2)50(4,5)6/h18-21,26-31H,22-25H2,1-17H3. The van der Waals surface area contributed by atoms with Crippen molar-refractivity contribution in [2.45, 2.75) is 176 Å². The molecule has 4 aromatic carbocycles. The van der Waals surface area contributed by atoms with Crippen LogP contribution in [0.3, 0.4) is 0 Å². The first kappa shape index (κ1) is 40.2. The number of rotatable bonds is 2. The minimum atomic E-state index is -0.0821. The first-order chi connectivity index (χ1) is 27.2. The number of aryl methyl sites for hydroxylation is 3. The van der Waals surface area contributed by atoms with Crippen molar-refractivity contribution in [2.24, 2.45) is 0 Å². The third kappa shape index (κ3) is 5.95. The lowest BCUT2D eigenvalue weighted by molar-refractivity contribution is 0.282. The minimum Gasteiger partial charge on any atom is -0.472 e. The fraction of sp³-hybridized carbons (Fsp3) is 0.491. The van der Waals surface area contributed by atoms with Crippen LogP contribution < -0.4 is 26.4 Å². The summed E-state index contributed by atoms with van der Waals surface area (Å²) in [6.45, 7) is 40.4. The molecule has 4 aliphatic rings. The van der Waals surface area contributed by atoms with Gasteiger partial charge in [0.1, 0.15) is 5.76 Å². The number of furan rings is 1. The van der Waals surface area contributed by atoms with Crippen LogP contribution in [0.15, 0.2) is 65.1 Å². The first-order valence-corrected chi connectivity index (χ1v) is 22.6. The van der Waals surface area contributed by atoms with Crippen LogP contribution in [0.1, 0.15) is 173 Å². The van der Waals surface area contributed by atoms with Gasteiger partial charge in [0.05, 0.1) is 11.3 Å². The van der Waals surface area contributed by atoms with Crippen molar-refractivity contribution in [1.29, 1.82) is 0 Å². The summed E-state index contributed by atoms with van der Waals surface area (Å²) in [7, 11) is 0. The van der Waals surface area contributed by atoms with Crippen LogP contribution in [0.5, 0.6) is 0 Å². The Morgan fingerprint density at radius 3 is 1.53 bits per heavy atom. The summed E-state index contributed by atoms with van der Waals surface area (Å²) < 4.78 is 7.68. The van der Waals surface area contributed by atoms with Gasteiger partial charge in [-0.3, -0.25) is 0 Å². The average molecular weight is 785 g/mol. The largest absolute Gasteiger partial charge is 0.472 e. The van der Waals surface area contributed by atoms with E-state index in [0.717, 1.165) is 18.5 Å². The Labute approximate surface area is 357 Å². The van der Waals surface area contributed by atoms with Gasteiger partial charge in [0.2, 0.25) is 0 Å². The maximum atomic E-state index is 7.68. The van der Waals surface area contributed by atoms with Crippen LogP contribution >= 0.6 is 0 Å². The molecule has 0 radical (unpaired) electrons. The molecular weight excluding hydrogens is 715 g/mol. The molecule has 308 valence electrons. The summed E-state index contributed by atoms with van der Waals surface area (Å²) >= 11 is 0. The smallest absolute Gasteiger partial charge is 0.297 e. The van der Waals surface area contributed by atoms with E-state index in [-0.39, 0.29) is 39.2 Å². The summed E-state index contributed by atoms with van der Waals surface area (Å²) in [5.74, 6) is 1.18. The van der Waals surface area contributed by atoms with Gasteiger partial charge in [-0.25, -0.2) is 0 Å². The first-order valence-electron chi connectivity index (χ1n) is 22.6. The zero-order chi connectivity index (χ0) is 42.7. The SMILES string of the molecule is Cc1cc2c3c(c1)N(c1ccc(C(C)(C)C)cc1C)c1c(oc4c1C(C)(C)CCC4(C)C)B3c1cc3c(cc1N2c1ccc(C(C)(C)C)cc1C)C(C)(C)CCC3(C)C. The van der Waals surface area contributed by atoms with Crippen molar-refractivity contribution >= 4 is 57.4 Å². The topological polar surface area (TPSA) is 19.6 Å². The molecular formula is C55H69BN2O. The van der Waals surface area contributed by atoms with Gasteiger partial charge in [0.25, 0.3) is 6.71 Å². The van der Waals surface area contributed by atoms with Crippen LogP contribution in [-0.2, 0) is 32.5 Å². The van der Waals surface area contributed by atoms with Crippen molar-refractivity contribution in [3.05, 3.63) is 111 Å². The van der Waals surface area contributed by atoms with Gasteiger partial charge in [-0.15, -0.1) is 0 Å². The Balaban J connectivity index is 1.44. The second-order valence-electron chi connectivity index (χ2n) is 23.8. The predicted molar refractivity (Wildman–Crippen MR) is 255 cm³/mol. The Bertz CT molecular complexity index is 2580. The molecule has 0 saturated carbocycles. The van der Waals surface area contributed by atoms with E-state index in [1.807, 2.05) is 0 Å². The normalized spacial score (nSPS) is 19.4. The minimum absolute atomic E-state index is 0.0512. The highest BCUT2D eigenvalue weighted by Crippen LogP contribution is 2.56. The van der Waals surface area contributed by atoms with E-state index < -0.39 is 0 Å². The van der Waals surface area contributed by atoms with Crippen LogP contribution in [0, 0.1) is 20.8 Å². The number of fused-ring (bicyclic) bond motifs is 7. The molecule has 0 atom stereocenters. The Hall–Kier alpha value is -4.18. The summed E-state index contributed by atoms with van der Waals surface area (Å²) in [5.41, 5.74) is 22.5. The van der Waals surface area contributed by atoms with Gasteiger partial charge in [-0.2, -0.15) is 0 Å². The number of hydrogen-bond acceptors (Lipinski definition) is 3. The fourth-order valence-electron chi connectivity index (χ4n) is 11.2. The molecule has 1 aromatic heterocycles. The second-order valence-corrected chi connectivity index (χ2v) is 23.8. The van der Waals surface area contributed by atoms with Crippen LogP contribution in [-0.4, -0.2) is 6.71 Å². The number of anilines is 6. The number of benzene rings is 4. The van der Waals surface area contributed by atoms with E-state index in [1.165, 1.54) is 108 Å². The summed E-state index contributed by atoms with van der Waals surface area (Å²) in [6, 6.07) is 24.6. The maximum Gasteiger partial charge on any atom is 0.297 e. The Morgan fingerprint density at radius 1 is 0.525 bits per heavy atom. The Kier molecular flexibility index (Phi) is 8.49. The number of nitrogens with zero attached hydrogens (tertiary/aromatic N) is 2. The Morgan fingerprint density at radius 2 is 1.00 bits per heavy atom. The molecule has 2 aliphatic heterocycles. The van der Waals surface area contributed by atoms with E-state index in [0.29, 0.717) is 0 Å². The molecule has 0 bridgehead atoms. The highest BCUT2D eigenvalue weighted by atomic mass is 16.3. The zero-order valence-corrected chi connectivity index (χ0v) is 39.5. The molecule has 0 amide bonds. The molecule has 2 aliphatic carbocycles. The molecule has 0 fully saturated rings. The monoisotopic (exact) mass is 785 g/mol. The summed E-state index contributed by atoms with van der Waals surface area (Å²) in [6.07, 6.45) is 4.58. The van der Waals surface area contributed by atoms with Crippen molar-refractivity contribution in [2.75, 3.05) is 9.80 Å². The quantitative estimate of drug-likeness (QED) is 0.163.